The summed E-state index contributed by atoms with van der Waals surface area (Å²) in [6.07, 6.45) is 4.54. The summed E-state index contributed by atoms with van der Waals surface area (Å²) in [6.45, 7) is 7.28. The molecule has 0 heterocycles. The Morgan fingerprint density at radius 2 is 1.88 bits per heavy atom. The Hall–Kier alpha value is -1.12. The number of esters is 1. The first-order valence-corrected chi connectivity index (χ1v) is 5.82. The van der Waals surface area contributed by atoms with Gasteiger partial charge in [0, 0.05) is 17.4 Å². The van der Waals surface area contributed by atoms with Gasteiger partial charge in [-0.1, -0.05) is 26.3 Å². The molecule has 1 aliphatic rings. The topological polar surface area (TPSA) is 43.4 Å². The van der Waals surface area contributed by atoms with Gasteiger partial charge in [0.15, 0.2) is 0 Å². The van der Waals surface area contributed by atoms with Crippen LogP contribution in [0.2, 0.25) is 0 Å². The number of Topliss-reactive ketones (excluding diaryl/α,β-unsaturated/α-hetero) is 1. The van der Waals surface area contributed by atoms with Crippen LogP contribution < -0.4 is 0 Å². The lowest BCUT2D eigenvalue weighted by atomic mass is 9.83. The maximum absolute atomic E-state index is 11.9. The average Bonchev–Trinajstić information content (AvgIpc) is 2.66. The third kappa shape index (κ3) is 3.19. The summed E-state index contributed by atoms with van der Waals surface area (Å²) in [5.41, 5.74) is 0.204. The van der Waals surface area contributed by atoms with Gasteiger partial charge >= 0.3 is 5.97 Å². The van der Waals surface area contributed by atoms with Crippen molar-refractivity contribution < 1.29 is 14.3 Å². The number of carbonyl (C=O) groups is 2. The molecule has 0 aliphatic heterocycles. The van der Waals surface area contributed by atoms with Crippen LogP contribution in [0.15, 0.2) is 12.2 Å². The number of ketones is 1. The third-order valence-electron chi connectivity index (χ3n) is 3.29. The van der Waals surface area contributed by atoms with E-state index in [1.165, 1.54) is 0 Å². The summed E-state index contributed by atoms with van der Waals surface area (Å²) in [7, 11) is 0. The molecule has 0 spiro atoms. The van der Waals surface area contributed by atoms with Crippen LogP contribution in [0.5, 0.6) is 0 Å². The van der Waals surface area contributed by atoms with Crippen LogP contribution in [-0.4, -0.2) is 18.4 Å². The highest BCUT2D eigenvalue weighted by molar-refractivity contribution is 5.88. The van der Waals surface area contributed by atoms with Crippen LogP contribution in [-0.2, 0) is 14.3 Å². The Kier molecular flexibility index (Phi) is 4.27. The molecule has 0 N–H and O–H groups in total. The first-order valence-electron chi connectivity index (χ1n) is 5.82. The summed E-state index contributed by atoms with van der Waals surface area (Å²) in [5, 5.41) is 0. The summed E-state index contributed by atoms with van der Waals surface area (Å²) in [4.78, 5) is 23.0. The number of hydrogen-bond donors (Lipinski definition) is 0. The molecule has 90 valence electrons. The fraction of sp³-hybridized carbons (Fsp3) is 0.692. The molecule has 1 rings (SSSR count). The highest BCUT2D eigenvalue weighted by Gasteiger charge is 2.35. The van der Waals surface area contributed by atoms with Gasteiger partial charge in [0.05, 0.1) is 6.61 Å². The van der Waals surface area contributed by atoms with E-state index in [9.17, 15) is 9.59 Å². The van der Waals surface area contributed by atoms with E-state index in [2.05, 4.69) is 6.58 Å². The maximum Gasteiger partial charge on any atom is 0.333 e. The lowest BCUT2D eigenvalue weighted by Crippen LogP contribution is -2.25. The first-order chi connectivity index (χ1) is 7.46. The number of carbonyl (C=O) groups excluding carboxylic acids is 2. The fourth-order valence-corrected chi connectivity index (χ4v) is 2.10. The minimum Gasteiger partial charge on any atom is -0.462 e. The highest BCUT2D eigenvalue weighted by Crippen LogP contribution is 2.38. The lowest BCUT2D eigenvalue weighted by Gasteiger charge is -2.21. The van der Waals surface area contributed by atoms with Crippen LogP contribution >= 0.6 is 0 Å². The zero-order valence-corrected chi connectivity index (χ0v) is 10.2. The van der Waals surface area contributed by atoms with Crippen molar-refractivity contribution in [3.63, 3.8) is 0 Å². The molecule has 0 aromatic rings. The van der Waals surface area contributed by atoms with Gasteiger partial charge in [-0.15, -0.1) is 0 Å². The van der Waals surface area contributed by atoms with Gasteiger partial charge in [0.1, 0.15) is 5.78 Å². The Morgan fingerprint density at radius 3 is 2.38 bits per heavy atom. The van der Waals surface area contributed by atoms with Crippen molar-refractivity contribution in [2.45, 2.75) is 46.0 Å². The SMILES string of the molecule is C=C(C)C(=O)OCCC(=O)C1(C)CCCC1. The lowest BCUT2D eigenvalue weighted by molar-refractivity contribution is -0.140. The number of hydrogen-bond acceptors (Lipinski definition) is 3. The predicted molar refractivity (Wildman–Crippen MR) is 62.0 cm³/mol. The van der Waals surface area contributed by atoms with Gasteiger partial charge < -0.3 is 4.74 Å². The maximum atomic E-state index is 11.9. The second-order valence-corrected chi connectivity index (χ2v) is 4.86. The van der Waals surface area contributed by atoms with E-state index in [0.29, 0.717) is 12.0 Å². The van der Waals surface area contributed by atoms with E-state index in [0.717, 1.165) is 25.7 Å². The molecule has 0 saturated heterocycles. The van der Waals surface area contributed by atoms with E-state index in [4.69, 9.17) is 4.74 Å². The molecule has 0 atom stereocenters. The van der Waals surface area contributed by atoms with Crippen LogP contribution in [0, 0.1) is 5.41 Å². The summed E-state index contributed by atoms with van der Waals surface area (Å²) in [5.74, 6) is -0.191. The van der Waals surface area contributed by atoms with E-state index in [1.807, 2.05) is 6.92 Å². The fourth-order valence-electron chi connectivity index (χ4n) is 2.10. The van der Waals surface area contributed by atoms with Crippen molar-refractivity contribution in [3.05, 3.63) is 12.2 Å². The van der Waals surface area contributed by atoms with Crippen LogP contribution in [0.3, 0.4) is 0 Å². The molecule has 1 aliphatic carbocycles. The van der Waals surface area contributed by atoms with E-state index >= 15 is 0 Å². The van der Waals surface area contributed by atoms with Gasteiger partial charge in [-0.2, -0.15) is 0 Å². The minimum atomic E-state index is -0.413. The quantitative estimate of drug-likeness (QED) is 0.532. The van der Waals surface area contributed by atoms with Crippen molar-refractivity contribution in [1.82, 2.24) is 0 Å². The predicted octanol–water partition coefficient (Wildman–Crippen LogP) is 2.65. The Morgan fingerprint density at radius 1 is 1.31 bits per heavy atom. The van der Waals surface area contributed by atoms with Crippen molar-refractivity contribution in [2.75, 3.05) is 6.61 Å². The monoisotopic (exact) mass is 224 g/mol. The zero-order chi connectivity index (χ0) is 12.2. The molecule has 0 bridgehead atoms. The second kappa shape index (κ2) is 5.28. The molecule has 0 aromatic heterocycles. The normalized spacial score (nSPS) is 18.1. The minimum absolute atomic E-state index is 0.171. The molecule has 3 nitrogen and oxygen atoms in total. The van der Waals surface area contributed by atoms with Crippen molar-refractivity contribution in [1.29, 1.82) is 0 Å². The second-order valence-electron chi connectivity index (χ2n) is 4.86. The highest BCUT2D eigenvalue weighted by atomic mass is 16.5. The summed E-state index contributed by atoms with van der Waals surface area (Å²) in [6, 6.07) is 0. The molecular weight excluding hydrogens is 204 g/mol. The third-order valence-corrected chi connectivity index (χ3v) is 3.29. The molecule has 0 amide bonds. The van der Waals surface area contributed by atoms with Gasteiger partial charge in [0.2, 0.25) is 0 Å². The van der Waals surface area contributed by atoms with E-state index in [1.54, 1.807) is 6.92 Å². The van der Waals surface area contributed by atoms with E-state index in [-0.39, 0.29) is 17.8 Å². The molecule has 0 aromatic carbocycles. The largest absolute Gasteiger partial charge is 0.462 e. The van der Waals surface area contributed by atoms with Crippen molar-refractivity contribution in [2.24, 2.45) is 5.41 Å². The van der Waals surface area contributed by atoms with Gasteiger partial charge in [-0.25, -0.2) is 4.79 Å². The molecule has 0 unspecified atom stereocenters. The zero-order valence-electron chi connectivity index (χ0n) is 10.2. The Bertz CT molecular complexity index is 298. The molecular formula is C13H20O3. The molecule has 16 heavy (non-hydrogen) atoms. The Labute approximate surface area is 96.9 Å². The first kappa shape index (κ1) is 12.9. The number of ether oxygens (including phenoxy) is 1. The molecule has 3 heteroatoms. The van der Waals surface area contributed by atoms with Gasteiger partial charge in [-0.05, 0) is 19.8 Å². The standard InChI is InChI=1S/C13H20O3/c1-10(2)12(15)16-9-6-11(14)13(3)7-4-5-8-13/h1,4-9H2,2-3H3. The smallest absolute Gasteiger partial charge is 0.333 e. The summed E-state index contributed by atoms with van der Waals surface area (Å²) < 4.78 is 4.92. The van der Waals surface area contributed by atoms with Gasteiger partial charge in [0.25, 0.3) is 0 Å². The average molecular weight is 224 g/mol. The van der Waals surface area contributed by atoms with Crippen molar-refractivity contribution >= 4 is 11.8 Å². The Balaban J connectivity index is 2.30. The number of rotatable bonds is 5. The van der Waals surface area contributed by atoms with Crippen molar-refractivity contribution in [3.8, 4) is 0 Å². The van der Waals surface area contributed by atoms with Gasteiger partial charge in [-0.3, -0.25) is 4.79 Å². The van der Waals surface area contributed by atoms with Crippen LogP contribution in [0.4, 0.5) is 0 Å². The van der Waals surface area contributed by atoms with Crippen LogP contribution in [0.25, 0.3) is 0 Å². The molecule has 1 saturated carbocycles. The van der Waals surface area contributed by atoms with Crippen LogP contribution in [0.1, 0.15) is 46.0 Å². The van der Waals surface area contributed by atoms with E-state index < -0.39 is 5.97 Å². The summed E-state index contributed by atoms with van der Waals surface area (Å²) >= 11 is 0. The molecule has 0 radical (unpaired) electrons. The molecule has 1 fully saturated rings.